The third-order valence-corrected chi connectivity index (χ3v) is 3.54. The Morgan fingerprint density at radius 1 is 1.29 bits per heavy atom. The van der Waals surface area contributed by atoms with Gasteiger partial charge in [0.1, 0.15) is 6.04 Å². The Bertz CT molecular complexity index is 299. The van der Waals surface area contributed by atoms with Crippen LogP contribution in [0.2, 0.25) is 0 Å². The van der Waals surface area contributed by atoms with Crippen molar-refractivity contribution in [2.75, 3.05) is 26.9 Å². The lowest BCUT2D eigenvalue weighted by molar-refractivity contribution is -0.156. The molecule has 5 heteroatoms. The molecule has 2 rings (SSSR count). The molecule has 2 unspecified atom stereocenters. The number of carbonyl (C=O) groups excluding carboxylic acids is 2. The summed E-state index contributed by atoms with van der Waals surface area (Å²) in [5.74, 6) is -0.310. The van der Waals surface area contributed by atoms with Gasteiger partial charge >= 0.3 is 5.97 Å². The van der Waals surface area contributed by atoms with Gasteiger partial charge in [0.25, 0.3) is 0 Å². The molecule has 0 saturated carbocycles. The maximum absolute atomic E-state index is 12.3. The standard InChI is InChI=1S/C12H19NO4/c1-16-12(15)10-4-2-3-6-13(10)11(14)9-5-7-17-8-9/h9-10H,2-8H2,1H3. The average Bonchev–Trinajstić information content (AvgIpc) is 2.91. The normalized spacial score (nSPS) is 29.1. The Morgan fingerprint density at radius 3 is 2.76 bits per heavy atom. The topological polar surface area (TPSA) is 55.8 Å². The second kappa shape index (κ2) is 5.49. The molecule has 0 aliphatic carbocycles. The molecule has 2 fully saturated rings. The van der Waals surface area contributed by atoms with Crippen molar-refractivity contribution < 1.29 is 19.1 Å². The highest BCUT2D eigenvalue weighted by Crippen LogP contribution is 2.23. The summed E-state index contributed by atoms with van der Waals surface area (Å²) in [7, 11) is 1.37. The molecule has 1 amide bonds. The number of hydrogen-bond acceptors (Lipinski definition) is 4. The molecule has 0 aromatic rings. The average molecular weight is 241 g/mol. The molecule has 2 saturated heterocycles. The highest BCUT2D eigenvalue weighted by molar-refractivity contribution is 5.86. The zero-order valence-corrected chi connectivity index (χ0v) is 10.2. The number of amides is 1. The van der Waals surface area contributed by atoms with E-state index in [0.717, 1.165) is 19.3 Å². The van der Waals surface area contributed by atoms with Crippen LogP contribution in [0.3, 0.4) is 0 Å². The van der Waals surface area contributed by atoms with Crippen molar-refractivity contribution >= 4 is 11.9 Å². The summed E-state index contributed by atoms with van der Waals surface area (Å²) >= 11 is 0. The van der Waals surface area contributed by atoms with E-state index in [1.165, 1.54) is 7.11 Å². The maximum atomic E-state index is 12.3. The smallest absolute Gasteiger partial charge is 0.328 e. The van der Waals surface area contributed by atoms with Crippen LogP contribution in [0.1, 0.15) is 25.7 Å². The molecular formula is C12H19NO4. The van der Waals surface area contributed by atoms with E-state index < -0.39 is 0 Å². The minimum atomic E-state index is -0.387. The molecule has 2 aliphatic heterocycles. The van der Waals surface area contributed by atoms with E-state index in [1.807, 2.05) is 0 Å². The fraction of sp³-hybridized carbons (Fsp3) is 0.833. The largest absolute Gasteiger partial charge is 0.467 e. The van der Waals surface area contributed by atoms with E-state index in [-0.39, 0.29) is 23.8 Å². The number of ether oxygens (including phenoxy) is 2. The number of piperidine rings is 1. The van der Waals surface area contributed by atoms with Gasteiger partial charge in [-0.15, -0.1) is 0 Å². The molecule has 2 heterocycles. The van der Waals surface area contributed by atoms with Crippen molar-refractivity contribution in [1.82, 2.24) is 4.90 Å². The quantitative estimate of drug-likeness (QED) is 0.663. The van der Waals surface area contributed by atoms with Gasteiger partial charge in [0, 0.05) is 13.2 Å². The maximum Gasteiger partial charge on any atom is 0.328 e. The molecule has 2 atom stereocenters. The van der Waals surface area contributed by atoms with Crippen molar-refractivity contribution in [2.24, 2.45) is 5.92 Å². The summed E-state index contributed by atoms with van der Waals surface area (Å²) in [5, 5.41) is 0. The lowest BCUT2D eigenvalue weighted by Gasteiger charge is -2.35. The first kappa shape index (κ1) is 12.4. The van der Waals surface area contributed by atoms with Crippen molar-refractivity contribution in [2.45, 2.75) is 31.7 Å². The highest BCUT2D eigenvalue weighted by Gasteiger charge is 2.37. The molecule has 17 heavy (non-hydrogen) atoms. The van der Waals surface area contributed by atoms with Crippen molar-refractivity contribution in [3.63, 3.8) is 0 Å². The molecule has 5 nitrogen and oxygen atoms in total. The molecule has 96 valence electrons. The van der Waals surface area contributed by atoms with E-state index in [2.05, 4.69) is 0 Å². The molecule has 0 N–H and O–H groups in total. The third-order valence-electron chi connectivity index (χ3n) is 3.54. The van der Waals surface area contributed by atoms with Gasteiger partial charge in [-0.05, 0) is 25.7 Å². The van der Waals surface area contributed by atoms with Crippen LogP contribution in [0.4, 0.5) is 0 Å². The first-order valence-corrected chi connectivity index (χ1v) is 6.20. The minimum absolute atomic E-state index is 0.0533. The molecule has 0 aromatic carbocycles. The summed E-state index contributed by atoms with van der Waals surface area (Å²) in [6.45, 7) is 1.80. The third kappa shape index (κ3) is 2.60. The summed E-state index contributed by atoms with van der Waals surface area (Å²) in [4.78, 5) is 25.6. The van der Waals surface area contributed by atoms with Crippen LogP contribution in [0.25, 0.3) is 0 Å². The van der Waals surface area contributed by atoms with Crippen LogP contribution in [0, 0.1) is 5.92 Å². The van der Waals surface area contributed by atoms with Gasteiger partial charge in [-0.2, -0.15) is 0 Å². The van der Waals surface area contributed by atoms with E-state index >= 15 is 0 Å². The fourth-order valence-corrected chi connectivity index (χ4v) is 2.54. The van der Waals surface area contributed by atoms with Crippen LogP contribution in [-0.4, -0.2) is 49.7 Å². The first-order chi connectivity index (χ1) is 8.24. The Kier molecular flexibility index (Phi) is 3.99. The zero-order valence-electron chi connectivity index (χ0n) is 10.2. The highest BCUT2D eigenvalue weighted by atomic mass is 16.5. The van der Waals surface area contributed by atoms with E-state index in [0.29, 0.717) is 26.2 Å². The summed E-state index contributed by atoms with van der Waals surface area (Å²) in [6.07, 6.45) is 3.42. The predicted molar refractivity (Wildman–Crippen MR) is 60.3 cm³/mol. The summed E-state index contributed by atoms with van der Waals surface area (Å²) in [6, 6.07) is -0.387. The van der Waals surface area contributed by atoms with Crippen LogP contribution in [-0.2, 0) is 19.1 Å². The first-order valence-electron chi connectivity index (χ1n) is 6.20. The van der Waals surface area contributed by atoms with Crippen LogP contribution in [0.15, 0.2) is 0 Å². The van der Waals surface area contributed by atoms with E-state index in [9.17, 15) is 9.59 Å². The SMILES string of the molecule is COC(=O)C1CCCCN1C(=O)C1CCOC1. The number of carbonyl (C=O) groups is 2. The van der Waals surface area contributed by atoms with Crippen LogP contribution in [0.5, 0.6) is 0 Å². The Balaban J connectivity index is 2.04. The summed E-state index contributed by atoms with van der Waals surface area (Å²) < 4.78 is 10.00. The zero-order chi connectivity index (χ0) is 12.3. The summed E-state index contributed by atoms with van der Waals surface area (Å²) in [5.41, 5.74) is 0. The van der Waals surface area contributed by atoms with Crippen molar-refractivity contribution in [3.05, 3.63) is 0 Å². The monoisotopic (exact) mass is 241 g/mol. The van der Waals surface area contributed by atoms with Gasteiger partial charge in [-0.1, -0.05) is 0 Å². The van der Waals surface area contributed by atoms with Gasteiger partial charge in [-0.25, -0.2) is 4.79 Å². The van der Waals surface area contributed by atoms with Crippen molar-refractivity contribution in [3.8, 4) is 0 Å². The Morgan fingerprint density at radius 2 is 2.12 bits per heavy atom. The Hall–Kier alpha value is -1.10. The predicted octanol–water partition coefficient (Wildman–Crippen LogP) is 0.577. The number of hydrogen-bond donors (Lipinski definition) is 0. The van der Waals surface area contributed by atoms with Gasteiger partial charge in [-0.3, -0.25) is 4.79 Å². The molecular weight excluding hydrogens is 222 g/mol. The lowest BCUT2D eigenvalue weighted by Crippen LogP contribution is -2.50. The van der Waals surface area contributed by atoms with E-state index in [1.54, 1.807) is 4.90 Å². The fourth-order valence-electron chi connectivity index (χ4n) is 2.54. The lowest BCUT2D eigenvalue weighted by atomic mass is 9.98. The number of rotatable bonds is 2. The van der Waals surface area contributed by atoms with E-state index in [4.69, 9.17) is 9.47 Å². The van der Waals surface area contributed by atoms with Crippen LogP contribution >= 0.6 is 0 Å². The van der Waals surface area contributed by atoms with Crippen LogP contribution < -0.4 is 0 Å². The minimum Gasteiger partial charge on any atom is -0.467 e. The van der Waals surface area contributed by atoms with Gasteiger partial charge in [0.15, 0.2) is 0 Å². The Labute approximate surface area is 101 Å². The number of likely N-dealkylation sites (tertiary alicyclic amines) is 1. The number of nitrogens with zero attached hydrogens (tertiary/aromatic N) is 1. The molecule has 0 radical (unpaired) electrons. The second-order valence-electron chi connectivity index (χ2n) is 4.63. The van der Waals surface area contributed by atoms with Gasteiger partial charge in [0.2, 0.25) is 5.91 Å². The molecule has 0 bridgehead atoms. The van der Waals surface area contributed by atoms with Gasteiger partial charge < -0.3 is 14.4 Å². The molecule has 0 spiro atoms. The molecule has 0 aromatic heterocycles. The van der Waals surface area contributed by atoms with Crippen molar-refractivity contribution in [1.29, 1.82) is 0 Å². The van der Waals surface area contributed by atoms with Gasteiger partial charge in [0.05, 0.1) is 19.6 Å². The second-order valence-corrected chi connectivity index (χ2v) is 4.63. The number of methoxy groups -OCH3 is 1. The number of esters is 1. The molecule has 2 aliphatic rings.